The summed E-state index contributed by atoms with van der Waals surface area (Å²) >= 11 is 0. The van der Waals surface area contributed by atoms with Crippen LogP contribution >= 0.6 is 0 Å². The molecule has 3 rings (SSSR count). The number of benzene rings is 2. The van der Waals surface area contributed by atoms with Gasteiger partial charge in [-0.05, 0) is 36.6 Å². The zero-order valence-electron chi connectivity index (χ0n) is 16.4. The molecule has 0 spiro atoms. The van der Waals surface area contributed by atoms with Crippen LogP contribution in [0.5, 0.6) is 11.5 Å². The Kier molecular flexibility index (Phi) is 5.67. The highest BCUT2D eigenvalue weighted by molar-refractivity contribution is 6.08. The van der Waals surface area contributed by atoms with Crippen molar-refractivity contribution in [1.82, 2.24) is 0 Å². The van der Waals surface area contributed by atoms with E-state index in [4.69, 9.17) is 9.47 Å². The van der Waals surface area contributed by atoms with E-state index in [0.717, 1.165) is 30.2 Å². The molecule has 0 aliphatic carbocycles. The van der Waals surface area contributed by atoms with Gasteiger partial charge in [0, 0.05) is 30.9 Å². The van der Waals surface area contributed by atoms with Crippen LogP contribution < -0.4 is 19.7 Å². The van der Waals surface area contributed by atoms with E-state index in [9.17, 15) is 19.7 Å². The van der Waals surface area contributed by atoms with Crippen LogP contribution in [0, 0.1) is 10.1 Å². The molecule has 0 saturated carbocycles. The molecule has 1 aliphatic rings. The summed E-state index contributed by atoms with van der Waals surface area (Å²) < 4.78 is 10.2. The van der Waals surface area contributed by atoms with Crippen molar-refractivity contribution in [1.29, 1.82) is 0 Å². The third-order valence-corrected chi connectivity index (χ3v) is 4.78. The number of hydrogen-bond acceptors (Lipinski definition) is 6. The maximum absolute atomic E-state index is 12.8. The first-order valence-electron chi connectivity index (χ1n) is 8.98. The fourth-order valence-electron chi connectivity index (χ4n) is 3.40. The molecule has 2 aromatic carbocycles. The standard InChI is InChI=1S/C20H21N3O6/c1-12(24)22-8-4-5-13-9-14(6-7-16(13)22)21-20(25)15-10-18(28-2)19(29-3)11-17(15)23(26)27/h6-7,9-11H,4-5,8H2,1-3H3,(H,21,25). The van der Waals surface area contributed by atoms with Crippen LogP contribution in [0.1, 0.15) is 29.3 Å². The zero-order chi connectivity index (χ0) is 21.1. The number of ether oxygens (including phenoxy) is 2. The largest absolute Gasteiger partial charge is 0.493 e. The molecule has 0 saturated heterocycles. The number of nitro groups is 1. The van der Waals surface area contributed by atoms with Gasteiger partial charge in [0.25, 0.3) is 11.6 Å². The lowest BCUT2D eigenvalue weighted by atomic mass is 10.0. The van der Waals surface area contributed by atoms with Gasteiger partial charge < -0.3 is 19.7 Å². The quantitative estimate of drug-likeness (QED) is 0.611. The SMILES string of the molecule is COc1cc(C(=O)Nc2ccc3c(c2)CCCN3C(C)=O)c([N+](=O)[O-])cc1OC. The molecular formula is C20H21N3O6. The van der Waals surface area contributed by atoms with Gasteiger partial charge >= 0.3 is 0 Å². The summed E-state index contributed by atoms with van der Waals surface area (Å²) in [6, 6.07) is 7.67. The van der Waals surface area contributed by atoms with Gasteiger partial charge in [-0.1, -0.05) is 0 Å². The number of carbonyl (C=O) groups excluding carboxylic acids is 2. The van der Waals surface area contributed by atoms with Gasteiger partial charge in [-0.15, -0.1) is 0 Å². The first-order chi connectivity index (χ1) is 13.8. The Balaban J connectivity index is 1.93. The first kappa shape index (κ1) is 20.1. The third kappa shape index (κ3) is 3.98. The summed E-state index contributed by atoms with van der Waals surface area (Å²) in [5, 5.41) is 14.1. The van der Waals surface area contributed by atoms with Crippen molar-refractivity contribution in [3.05, 3.63) is 51.6 Å². The number of methoxy groups -OCH3 is 2. The van der Waals surface area contributed by atoms with Gasteiger partial charge in [-0.2, -0.15) is 0 Å². The van der Waals surface area contributed by atoms with Crippen LogP contribution in [-0.2, 0) is 11.2 Å². The number of anilines is 2. The van der Waals surface area contributed by atoms with Crippen molar-refractivity contribution in [3.63, 3.8) is 0 Å². The van der Waals surface area contributed by atoms with E-state index in [2.05, 4.69) is 5.32 Å². The number of amides is 2. The molecule has 0 fully saturated rings. The number of nitrogens with one attached hydrogen (secondary N) is 1. The Bertz CT molecular complexity index is 988. The Morgan fingerprint density at radius 3 is 2.45 bits per heavy atom. The highest BCUT2D eigenvalue weighted by atomic mass is 16.6. The van der Waals surface area contributed by atoms with Gasteiger partial charge in [0.1, 0.15) is 5.56 Å². The van der Waals surface area contributed by atoms with E-state index in [-0.39, 0.29) is 28.7 Å². The van der Waals surface area contributed by atoms with Gasteiger partial charge in [0.05, 0.1) is 25.2 Å². The zero-order valence-corrected chi connectivity index (χ0v) is 16.4. The van der Waals surface area contributed by atoms with Crippen LogP contribution in [-0.4, -0.2) is 37.5 Å². The molecule has 1 N–H and O–H groups in total. The van der Waals surface area contributed by atoms with Crippen molar-refractivity contribution in [3.8, 4) is 11.5 Å². The summed E-state index contributed by atoms with van der Waals surface area (Å²) in [5.41, 5.74) is 1.71. The number of nitrogens with zero attached hydrogens (tertiary/aromatic N) is 2. The minimum Gasteiger partial charge on any atom is -0.493 e. The number of rotatable bonds is 5. The smallest absolute Gasteiger partial charge is 0.286 e. The molecule has 152 valence electrons. The predicted molar refractivity (Wildman–Crippen MR) is 107 cm³/mol. The van der Waals surface area contributed by atoms with E-state index in [1.807, 2.05) is 0 Å². The average molecular weight is 399 g/mol. The second kappa shape index (κ2) is 8.17. The van der Waals surface area contributed by atoms with Crippen molar-refractivity contribution in [2.24, 2.45) is 0 Å². The van der Waals surface area contributed by atoms with Crippen molar-refractivity contribution in [2.75, 3.05) is 31.0 Å². The number of fused-ring (bicyclic) bond motifs is 1. The molecule has 1 aliphatic heterocycles. The Hall–Kier alpha value is -3.62. The lowest BCUT2D eigenvalue weighted by Gasteiger charge is -2.29. The van der Waals surface area contributed by atoms with Crippen LogP contribution in [0.25, 0.3) is 0 Å². The second-order valence-electron chi connectivity index (χ2n) is 6.55. The highest BCUT2D eigenvalue weighted by Gasteiger charge is 2.25. The number of hydrogen-bond donors (Lipinski definition) is 1. The minimum atomic E-state index is -0.644. The molecule has 2 amide bonds. The molecule has 2 aromatic rings. The van der Waals surface area contributed by atoms with Gasteiger partial charge in [-0.25, -0.2) is 0 Å². The predicted octanol–water partition coefficient (Wildman–Crippen LogP) is 3.16. The number of nitro benzene ring substituents is 1. The van der Waals surface area contributed by atoms with E-state index < -0.39 is 10.8 Å². The highest BCUT2D eigenvalue weighted by Crippen LogP contribution is 2.35. The third-order valence-electron chi connectivity index (χ3n) is 4.78. The lowest BCUT2D eigenvalue weighted by Crippen LogP contribution is -2.33. The monoisotopic (exact) mass is 399 g/mol. The first-order valence-corrected chi connectivity index (χ1v) is 8.98. The van der Waals surface area contributed by atoms with Crippen molar-refractivity contribution >= 4 is 28.9 Å². The van der Waals surface area contributed by atoms with Gasteiger partial charge in [-0.3, -0.25) is 19.7 Å². The molecule has 0 unspecified atom stereocenters. The van der Waals surface area contributed by atoms with E-state index in [1.165, 1.54) is 27.2 Å². The molecule has 9 heteroatoms. The minimum absolute atomic E-state index is 0.0383. The number of carbonyl (C=O) groups is 2. The van der Waals surface area contributed by atoms with E-state index in [1.54, 1.807) is 23.1 Å². The Morgan fingerprint density at radius 1 is 1.14 bits per heavy atom. The summed E-state index contributed by atoms with van der Waals surface area (Å²) in [6.07, 6.45) is 1.60. The molecule has 0 aromatic heterocycles. The fourth-order valence-corrected chi connectivity index (χ4v) is 3.40. The van der Waals surface area contributed by atoms with E-state index in [0.29, 0.717) is 12.2 Å². The van der Waals surface area contributed by atoms with Gasteiger partial charge in [0.2, 0.25) is 5.91 Å². The summed E-state index contributed by atoms with van der Waals surface area (Å²) in [5.74, 6) is -0.305. The summed E-state index contributed by atoms with van der Waals surface area (Å²) in [7, 11) is 2.74. The second-order valence-corrected chi connectivity index (χ2v) is 6.55. The maximum Gasteiger partial charge on any atom is 0.286 e. The van der Waals surface area contributed by atoms with Crippen LogP contribution in [0.15, 0.2) is 30.3 Å². The normalized spacial score (nSPS) is 12.7. The summed E-state index contributed by atoms with van der Waals surface area (Å²) in [6.45, 7) is 2.17. The molecule has 0 atom stereocenters. The topological polar surface area (TPSA) is 111 Å². The Morgan fingerprint density at radius 2 is 1.83 bits per heavy atom. The molecular weight excluding hydrogens is 378 g/mol. The molecule has 29 heavy (non-hydrogen) atoms. The van der Waals surface area contributed by atoms with Crippen LogP contribution in [0.4, 0.5) is 17.1 Å². The average Bonchev–Trinajstić information content (AvgIpc) is 2.71. The Labute approximate surface area is 167 Å². The lowest BCUT2D eigenvalue weighted by molar-refractivity contribution is -0.385. The fraction of sp³-hybridized carbons (Fsp3) is 0.300. The molecule has 0 bridgehead atoms. The molecule has 0 radical (unpaired) electrons. The van der Waals surface area contributed by atoms with Gasteiger partial charge in [0.15, 0.2) is 11.5 Å². The molecule has 1 heterocycles. The van der Waals surface area contributed by atoms with E-state index >= 15 is 0 Å². The van der Waals surface area contributed by atoms with Crippen LogP contribution in [0.2, 0.25) is 0 Å². The summed E-state index contributed by atoms with van der Waals surface area (Å²) in [4.78, 5) is 37.0. The maximum atomic E-state index is 12.8. The van der Waals surface area contributed by atoms with Crippen LogP contribution in [0.3, 0.4) is 0 Å². The molecule has 9 nitrogen and oxygen atoms in total. The van der Waals surface area contributed by atoms with Crippen molar-refractivity contribution in [2.45, 2.75) is 19.8 Å². The van der Waals surface area contributed by atoms with Crippen molar-refractivity contribution < 1.29 is 24.0 Å². The number of aryl methyl sites for hydroxylation is 1.